The average Bonchev–Trinajstić information content (AvgIpc) is 3.30. The molecule has 1 aliphatic carbocycles. The Bertz CT molecular complexity index is 1420. The Labute approximate surface area is 195 Å². The highest BCUT2D eigenvalue weighted by Crippen LogP contribution is 2.33. The molecule has 0 radical (unpaired) electrons. The zero-order chi connectivity index (χ0) is 22.9. The second-order valence-electron chi connectivity index (χ2n) is 8.19. The Morgan fingerprint density at radius 1 is 1.06 bits per heavy atom. The Morgan fingerprint density at radius 2 is 1.88 bits per heavy atom. The molecule has 0 saturated heterocycles. The number of aryl methyl sites for hydroxylation is 2. The van der Waals surface area contributed by atoms with Gasteiger partial charge < -0.3 is 9.47 Å². The smallest absolute Gasteiger partial charge is 0.263 e. The van der Waals surface area contributed by atoms with E-state index >= 15 is 0 Å². The average molecular weight is 461 g/mol. The maximum absolute atomic E-state index is 13.4. The number of hydrogen-bond donors (Lipinski definition) is 0. The normalized spacial score (nSPS) is 13.0. The Kier molecular flexibility index (Phi) is 5.72. The summed E-state index contributed by atoms with van der Waals surface area (Å²) in [5, 5.41) is 2.55. The van der Waals surface area contributed by atoms with E-state index in [0.29, 0.717) is 27.3 Å². The van der Waals surface area contributed by atoms with E-state index in [-0.39, 0.29) is 17.9 Å². The van der Waals surface area contributed by atoms with E-state index in [2.05, 4.69) is 23.2 Å². The van der Waals surface area contributed by atoms with E-state index in [1.165, 1.54) is 53.3 Å². The van der Waals surface area contributed by atoms with E-state index < -0.39 is 0 Å². The molecular weight excluding hydrogens is 436 g/mol. The van der Waals surface area contributed by atoms with Crippen LogP contribution in [0.5, 0.6) is 11.5 Å². The Hall–Kier alpha value is -3.45. The van der Waals surface area contributed by atoms with Crippen LogP contribution in [0.25, 0.3) is 21.3 Å². The molecule has 0 unspecified atom stereocenters. The van der Waals surface area contributed by atoms with Crippen LogP contribution in [0.2, 0.25) is 0 Å². The number of methoxy groups -OCH3 is 2. The lowest BCUT2D eigenvalue weighted by Gasteiger charge is -2.16. The maximum Gasteiger partial charge on any atom is 0.263 e. The van der Waals surface area contributed by atoms with Gasteiger partial charge in [-0.3, -0.25) is 14.2 Å². The van der Waals surface area contributed by atoms with Gasteiger partial charge in [-0.2, -0.15) is 0 Å². The summed E-state index contributed by atoms with van der Waals surface area (Å²) in [4.78, 5) is 31.6. The third kappa shape index (κ3) is 3.93. The highest BCUT2D eigenvalue weighted by Gasteiger charge is 2.19. The lowest BCUT2D eigenvalue weighted by molar-refractivity contribution is 0.0967. The van der Waals surface area contributed by atoms with Crippen molar-refractivity contribution in [2.45, 2.75) is 32.2 Å². The number of ketones is 1. The molecule has 0 atom stereocenters. The van der Waals surface area contributed by atoms with Crippen molar-refractivity contribution in [3.8, 4) is 22.6 Å². The highest BCUT2D eigenvalue weighted by atomic mass is 32.1. The first kappa shape index (κ1) is 21.4. The van der Waals surface area contributed by atoms with Gasteiger partial charge in [-0.1, -0.05) is 18.2 Å². The lowest BCUT2D eigenvalue weighted by Crippen LogP contribution is -2.24. The van der Waals surface area contributed by atoms with Gasteiger partial charge in [0.15, 0.2) is 5.78 Å². The molecule has 2 heterocycles. The molecule has 0 bridgehead atoms. The van der Waals surface area contributed by atoms with Crippen LogP contribution in [0.4, 0.5) is 0 Å². The molecule has 0 saturated carbocycles. The summed E-state index contributed by atoms with van der Waals surface area (Å²) >= 11 is 1.45. The minimum atomic E-state index is -0.233. The van der Waals surface area contributed by atoms with Gasteiger partial charge >= 0.3 is 0 Å². The summed E-state index contributed by atoms with van der Waals surface area (Å²) in [6.07, 6.45) is 6.07. The highest BCUT2D eigenvalue weighted by molar-refractivity contribution is 7.17. The predicted molar refractivity (Wildman–Crippen MR) is 130 cm³/mol. The first-order chi connectivity index (χ1) is 16.1. The minimum absolute atomic E-state index is 0.121. The zero-order valence-electron chi connectivity index (χ0n) is 18.6. The van der Waals surface area contributed by atoms with Crippen LogP contribution in [0.3, 0.4) is 0 Å². The number of nitrogens with zero attached hydrogens (tertiary/aromatic N) is 2. The van der Waals surface area contributed by atoms with Crippen molar-refractivity contribution < 1.29 is 14.3 Å². The van der Waals surface area contributed by atoms with Gasteiger partial charge in [0.2, 0.25) is 0 Å². The van der Waals surface area contributed by atoms with Crippen molar-refractivity contribution in [1.29, 1.82) is 0 Å². The van der Waals surface area contributed by atoms with Gasteiger partial charge in [0, 0.05) is 17.0 Å². The molecule has 2 aromatic carbocycles. The van der Waals surface area contributed by atoms with E-state index in [1.54, 1.807) is 25.3 Å². The SMILES string of the molecule is COc1ccc(C(=O)Cn2cnc3scc(-c4ccc5c(c4)CCCC5)c3c2=O)c(OC)c1. The number of thiophene rings is 1. The summed E-state index contributed by atoms with van der Waals surface area (Å²) in [6, 6.07) is 11.5. The van der Waals surface area contributed by atoms with Gasteiger partial charge in [0.1, 0.15) is 16.3 Å². The molecule has 5 rings (SSSR count). The third-order valence-corrected chi connectivity index (χ3v) is 7.13. The van der Waals surface area contributed by atoms with Gasteiger partial charge in [-0.05, 0) is 54.5 Å². The monoisotopic (exact) mass is 460 g/mol. The number of ether oxygens (including phenoxy) is 2. The molecule has 1 aliphatic rings. The molecule has 33 heavy (non-hydrogen) atoms. The second kappa shape index (κ2) is 8.83. The van der Waals surface area contributed by atoms with Crippen LogP contribution >= 0.6 is 11.3 Å². The largest absolute Gasteiger partial charge is 0.497 e. The molecule has 0 aliphatic heterocycles. The summed E-state index contributed by atoms with van der Waals surface area (Å²) in [7, 11) is 3.05. The number of hydrogen-bond acceptors (Lipinski definition) is 6. The Morgan fingerprint density at radius 3 is 2.67 bits per heavy atom. The fourth-order valence-electron chi connectivity index (χ4n) is 4.46. The van der Waals surface area contributed by atoms with Crippen molar-refractivity contribution in [3.05, 3.63) is 75.1 Å². The fraction of sp³-hybridized carbons (Fsp3) is 0.269. The number of rotatable bonds is 6. The molecule has 2 aromatic heterocycles. The predicted octanol–water partition coefficient (Wildman–Crippen LogP) is 4.90. The van der Waals surface area contributed by atoms with Crippen molar-refractivity contribution >= 4 is 27.3 Å². The fourth-order valence-corrected chi connectivity index (χ4v) is 5.37. The first-order valence-corrected chi connectivity index (χ1v) is 11.8. The number of aromatic nitrogens is 2. The molecule has 6 nitrogen and oxygen atoms in total. The molecular formula is C26H24N2O4S. The molecule has 0 spiro atoms. The van der Waals surface area contributed by atoms with Crippen LogP contribution in [-0.4, -0.2) is 29.6 Å². The van der Waals surface area contributed by atoms with Crippen LogP contribution in [0, 0.1) is 0 Å². The molecule has 168 valence electrons. The van der Waals surface area contributed by atoms with Gasteiger partial charge in [0.05, 0.1) is 38.0 Å². The summed E-state index contributed by atoms with van der Waals surface area (Å²) in [5.41, 5.74) is 4.86. The lowest BCUT2D eigenvalue weighted by atomic mass is 9.89. The third-order valence-electron chi connectivity index (χ3n) is 6.24. The maximum atomic E-state index is 13.4. The van der Waals surface area contributed by atoms with E-state index in [4.69, 9.17) is 9.47 Å². The molecule has 4 aromatic rings. The molecule has 7 heteroatoms. The van der Waals surface area contributed by atoms with Crippen molar-refractivity contribution in [1.82, 2.24) is 9.55 Å². The number of Topliss-reactive ketones (excluding diaryl/α,β-unsaturated/α-hetero) is 1. The van der Waals surface area contributed by atoms with Crippen LogP contribution < -0.4 is 15.0 Å². The minimum Gasteiger partial charge on any atom is -0.497 e. The number of benzene rings is 2. The van der Waals surface area contributed by atoms with Crippen LogP contribution in [-0.2, 0) is 19.4 Å². The second-order valence-corrected chi connectivity index (χ2v) is 9.05. The van der Waals surface area contributed by atoms with Gasteiger partial charge in [-0.25, -0.2) is 4.98 Å². The van der Waals surface area contributed by atoms with Crippen LogP contribution in [0.1, 0.15) is 34.3 Å². The quantitative estimate of drug-likeness (QED) is 0.383. The van der Waals surface area contributed by atoms with Crippen LogP contribution in [0.15, 0.2) is 52.9 Å². The molecule has 0 fully saturated rings. The number of carbonyl (C=O) groups excluding carboxylic acids is 1. The van der Waals surface area contributed by atoms with Crippen molar-refractivity contribution in [3.63, 3.8) is 0 Å². The molecule has 0 amide bonds. The van der Waals surface area contributed by atoms with E-state index in [9.17, 15) is 9.59 Å². The van der Waals surface area contributed by atoms with E-state index in [1.807, 2.05) is 5.38 Å². The van der Waals surface area contributed by atoms with Gasteiger partial charge in [0.25, 0.3) is 5.56 Å². The summed E-state index contributed by atoms with van der Waals surface area (Å²) < 4.78 is 11.9. The van der Waals surface area contributed by atoms with E-state index in [0.717, 1.165) is 24.0 Å². The first-order valence-electron chi connectivity index (χ1n) is 10.9. The Balaban J connectivity index is 1.52. The topological polar surface area (TPSA) is 70.4 Å². The van der Waals surface area contributed by atoms with Gasteiger partial charge in [-0.15, -0.1) is 11.3 Å². The van der Waals surface area contributed by atoms with Crippen molar-refractivity contribution in [2.75, 3.05) is 14.2 Å². The zero-order valence-corrected chi connectivity index (χ0v) is 19.4. The molecule has 0 N–H and O–H groups in total. The summed E-state index contributed by atoms with van der Waals surface area (Å²) in [5.74, 6) is 0.770. The standard InChI is InChI=1S/C26H24N2O4S/c1-31-19-9-10-20(23(12-19)32-2)22(29)13-28-15-27-25-24(26(28)30)21(14-33-25)18-8-7-16-5-3-4-6-17(16)11-18/h7-12,14-15H,3-6,13H2,1-2H3. The van der Waals surface area contributed by atoms with Crippen molar-refractivity contribution in [2.24, 2.45) is 0 Å². The summed E-state index contributed by atoms with van der Waals surface area (Å²) in [6.45, 7) is -0.121. The number of fused-ring (bicyclic) bond motifs is 2. The number of carbonyl (C=O) groups is 1.